The Balaban J connectivity index is 1.21. The molecule has 1 spiro atoms. The summed E-state index contributed by atoms with van der Waals surface area (Å²) < 4.78 is 19.1. The molecule has 0 unspecified atom stereocenters. The second-order valence-corrected chi connectivity index (χ2v) is 13.7. The number of rotatable bonds is 1. The van der Waals surface area contributed by atoms with Crippen LogP contribution in [0, 0.1) is 52.3 Å². The molecule has 4 heteroatoms. The van der Waals surface area contributed by atoms with Crippen LogP contribution >= 0.6 is 0 Å². The van der Waals surface area contributed by atoms with E-state index in [1.807, 2.05) is 0 Å². The first kappa shape index (κ1) is 22.8. The van der Waals surface area contributed by atoms with E-state index in [0.29, 0.717) is 34.7 Å². The van der Waals surface area contributed by atoms with Crippen molar-refractivity contribution < 1.29 is 19.0 Å². The monoisotopic (exact) mass is 458 g/mol. The average molecular weight is 459 g/mol. The number of hydrogen-bond acceptors (Lipinski definition) is 4. The van der Waals surface area contributed by atoms with Crippen molar-refractivity contribution in [3.63, 3.8) is 0 Å². The van der Waals surface area contributed by atoms with Gasteiger partial charge in [-0.2, -0.15) is 0 Å². The minimum atomic E-state index is -0.300. The van der Waals surface area contributed by atoms with Crippen LogP contribution in [0.5, 0.6) is 0 Å². The maximum atomic E-state index is 11.5. The van der Waals surface area contributed by atoms with E-state index in [2.05, 4.69) is 27.7 Å². The number of hydrogen-bond donors (Lipinski definition) is 0. The molecule has 0 amide bonds. The van der Waals surface area contributed by atoms with Crippen molar-refractivity contribution in [2.24, 2.45) is 52.3 Å². The number of esters is 1. The first-order valence-electron chi connectivity index (χ1n) is 14.2. The van der Waals surface area contributed by atoms with E-state index in [1.165, 1.54) is 44.9 Å². The summed E-state index contributed by atoms with van der Waals surface area (Å²) in [5.41, 5.74) is 0.828. The highest BCUT2D eigenvalue weighted by molar-refractivity contribution is 5.66. The molecule has 4 aliphatic carbocycles. The third-order valence-electron chi connectivity index (χ3n) is 12.2. The molecular formula is C29H46O4. The zero-order valence-electron chi connectivity index (χ0n) is 21.6. The summed E-state index contributed by atoms with van der Waals surface area (Å²) in [4.78, 5) is 11.5. The number of fused-ring (bicyclic) bond motifs is 7. The standard InChI is InChI=1S/C29H46O4/c1-17-8-13-29(31-16-17)18(2)26-25(33-29)15-24-22-7-6-20-14-21(32-19(3)30)9-11-27(20,4)23(22)10-12-28(24,26)5/h17-18,20-26H,6-16H2,1-5H3/t17-,18+,20+,21+,22-,23+,24+,25-,26+,27-,28-,29+/m0/s1. The maximum absolute atomic E-state index is 11.5. The third kappa shape index (κ3) is 3.25. The molecule has 4 nitrogen and oxygen atoms in total. The largest absolute Gasteiger partial charge is 0.463 e. The van der Waals surface area contributed by atoms with E-state index in [9.17, 15) is 4.79 Å². The summed E-state index contributed by atoms with van der Waals surface area (Å²) in [5.74, 6) is 4.63. The van der Waals surface area contributed by atoms with Gasteiger partial charge < -0.3 is 14.2 Å². The summed E-state index contributed by atoms with van der Waals surface area (Å²) in [6.45, 7) is 12.4. The van der Waals surface area contributed by atoms with Crippen LogP contribution in [0.15, 0.2) is 0 Å². The smallest absolute Gasteiger partial charge is 0.302 e. The summed E-state index contributed by atoms with van der Waals surface area (Å²) in [6.07, 6.45) is 12.9. The van der Waals surface area contributed by atoms with Gasteiger partial charge in [0.15, 0.2) is 5.79 Å². The predicted octanol–water partition coefficient (Wildman–Crippen LogP) is 6.36. The topological polar surface area (TPSA) is 44.8 Å². The summed E-state index contributed by atoms with van der Waals surface area (Å²) >= 11 is 0. The van der Waals surface area contributed by atoms with Crippen molar-refractivity contribution in [3.05, 3.63) is 0 Å². The van der Waals surface area contributed by atoms with Crippen LogP contribution in [0.1, 0.15) is 98.8 Å². The molecule has 2 saturated heterocycles. The highest BCUT2D eigenvalue weighted by Gasteiger charge is 2.69. The Labute approximate surface area is 200 Å². The molecule has 0 radical (unpaired) electrons. The van der Waals surface area contributed by atoms with Crippen molar-refractivity contribution >= 4 is 5.97 Å². The predicted molar refractivity (Wildman–Crippen MR) is 127 cm³/mol. The van der Waals surface area contributed by atoms with E-state index in [0.717, 1.165) is 49.5 Å². The van der Waals surface area contributed by atoms with Crippen molar-refractivity contribution in [1.82, 2.24) is 0 Å². The van der Waals surface area contributed by atoms with E-state index >= 15 is 0 Å². The Bertz CT molecular complexity index is 786. The van der Waals surface area contributed by atoms with Gasteiger partial charge in [-0.25, -0.2) is 0 Å². The van der Waals surface area contributed by atoms with Gasteiger partial charge in [-0.3, -0.25) is 4.79 Å². The molecule has 33 heavy (non-hydrogen) atoms. The fraction of sp³-hybridized carbons (Fsp3) is 0.966. The van der Waals surface area contributed by atoms with E-state index in [-0.39, 0.29) is 17.9 Å². The minimum Gasteiger partial charge on any atom is -0.463 e. The first-order chi connectivity index (χ1) is 15.7. The molecule has 0 N–H and O–H groups in total. The second kappa shape index (κ2) is 7.69. The summed E-state index contributed by atoms with van der Waals surface area (Å²) in [6, 6.07) is 0. The lowest BCUT2D eigenvalue weighted by Gasteiger charge is -2.61. The van der Waals surface area contributed by atoms with Crippen molar-refractivity contribution in [2.75, 3.05) is 6.61 Å². The molecule has 12 atom stereocenters. The Morgan fingerprint density at radius 3 is 2.42 bits per heavy atom. The van der Waals surface area contributed by atoms with Crippen LogP contribution in [-0.2, 0) is 19.0 Å². The molecule has 0 aromatic carbocycles. The van der Waals surface area contributed by atoms with Gasteiger partial charge in [0, 0.05) is 19.3 Å². The van der Waals surface area contributed by atoms with Gasteiger partial charge in [0.2, 0.25) is 0 Å². The number of carbonyl (C=O) groups is 1. The van der Waals surface area contributed by atoms with E-state index in [4.69, 9.17) is 14.2 Å². The Kier molecular flexibility index (Phi) is 5.32. The molecule has 2 heterocycles. The molecule has 6 fully saturated rings. The normalized spacial score (nSPS) is 57.7. The SMILES string of the molecule is CC(=O)O[C@@H]1CC[C@@]2(C)[C@H](CC[C@H]3[C@H]2CC[C@]2(C)[C@H]4[C@H](C[C@H]32)O[C@]2(CC[C@H](C)CO2)[C@@H]4C)C1. The van der Waals surface area contributed by atoms with Gasteiger partial charge in [0.05, 0.1) is 12.7 Å². The zero-order valence-corrected chi connectivity index (χ0v) is 21.6. The Morgan fingerprint density at radius 2 is 1.70 bits per heavy atom. The van der Waals surface area contributed by atoms with Gasteiger partial charge in [-0.1, -0.05) is 27.7 Å². The van der Waals surface area contributed by atoms with Crippen molar-refractivity contribution in [2.45, 2.75) is 117 Å². The highest BCUT2D eigenvalue weighted by atomic mass is 16.7. The zero-order chi connectivity index (χ0) is 23.2. The maximum Gasteiger partial charge on any atom is 0.302 e. The van der Waals surface area contributed by atoms with Gasteiger partial charge in [-0.05, 0) is 104 Å². The fourth-order valence-corrected chi connectivity index (χ4v) is 10.6. The molecule has 6 rings (SSSR count). The summed E-state index contributed by atoms with van der Waals surface area (Å²) in [7, 11) is 0. The summed E-state index contributed by atoms with van der Waals surface area (Å²) in [5, 5.41) is 0. The van der Waals surface area contributed by atoms with Crippen LogP contribution in [-0.4, -0.2) is 30.6 Å². The highest BCUT2D eigenvalue weighted by Crippen LogP contribution is 2.71. The van der Waals surface area contributed by atoms with Crippen LogP contribution in [0.2, 0.25) is 0 Å². The Hall–Kier alpha value is -0.610. The minimum absolute atomic E-state index is 0.105. The molecule has 4 saturated carbocycles. The lowest BCUT2D eigenvalue weighted by atomic mass is 9.44. The molecule has 0 bridgehead atoms. The van der Waals surface area contributed by atoms with Gasteiger partial charge in [0.25, 0.3) is 0 Å². The third-order valence-corrected chi connectivity index (χ3v) is 12.2. The van der Waals surface area contributed by atoms with Gasteiger partial charge in [-0.15, -0.1) is 0 Å². The fourth-order valence-electron chi connectivity index (χ4n) is 10.6. The molecule has 6 aliphatic rings. The number of ether oxygens (including phenoxy) is 3. The molecule has 0 aromatic heterocycles. The van der Waals surface area contributed by atoms with Crippen LogP contribution in [0.4, 0.5) is 0 Å². The quantitative estimate of drug-likeness (QED) is 0.429. The van der Waals surface area contributed by atoms with Gasteiger partial charge in [0.1, 0.15) is 6.10 Å². The van der Waals surface area contributed by atoms with Crippen LogP contribution < -0.4 is 0 Å². The molecule has 0 aromatic rings. The van der Waals surface area contributed by atoms with Crippen molar-refractivity contribution in [3.8, 4) is 0 Å². The lowest BCUT2D eigenvalue weighted by Crippen LogP contribution is -2.55. The van der Waals surface area contributed by atoms with E-state index in [1.54, 1.807) is 6.92 Å². The molecule has 186 valence electrons. The van der Waals surface area contributed by atoms with Gasteiger partial charge >= 0.3 is 5.97 Å². The average Bonchev–Trinajstić information content (AvgIpc) is 3.21. The molecular weight excluding hydrogens is 412 g/mol. The Morgan fingerprint density at radius 1 is 0.909 bits per heavy atom. The lowest BCUT2D eigenvalue weighted by molar-refractivity contribution is -0.273. The van der Waals surface area contributed by atoms with Crippen LogP contribution in [0.25, 0.3) is 0 Å². The molecule has 2 aliphatic heterocycles. The second-order valence-electron chi connectivity index (χ2n) is 13.7. The van der Waals surface area contributed by atoms with Crippen molar-refractivity contribution in [1.29, 1.82) is 0 Å². The van der Waals surface area contributed by atoms with E-state index < -0.39 is 0 Å². The first-order valence-corrected chi connectivity index (χ1v) is 14.2. The number of carbonyl (C=O) groups excluding carboxylic acids is 1. The van der Waals surface area contributed by atoms with Crippen LogP contribution in [0.3, 0.4) is 0 Å².